The summed E-state index contributed by atoms with van der Waals surface area (Å²) in [6, 6.07) is 18.9. The van der Waals surface area contributed by atoms with Gasteiger partial charge in [-0.1, -0.05) is 24.3 Å². The summed E-state index contributed by atoms with van der Waals surface area (Å²) in [5.41, 5.74) is 2.00. The van der Waals surface area contributed by atoms with E-state index in [1.54, 1.807) is 47.9 Å². The van der Waals surface area contributed by atoms with Crippen LogP contribution in [0.15, 0.2) is 71.3 Å². The van der Waals surface area contributed by atoms with Gasteiger partial charge in [-0.15, -0.1) is 11.3 Å². The second-order valence-corrected chi connectivity index (χ2v) is 9.49. The maximum atomic E-state index is 12.8. The smallest absolute Gasteiger partial charge is 0.253 e. The number of para-hydroxylation sites is 2. The maximum Gasteiger partial charge on any atom is 0.253 e. The summed E-state index contributed by atoms with van der Waals surface area (Å²) in [4.78, 5) is 32.4. The SMILES string of the molecule is O=C(CN1CCC(c2nc3ccccc3s2)CC1)Nc1ccccc1C(=O)NCc1ccco1. The number of rotatable bonds is 7. The first-order valence-corrected chi connectivity index (χ1v) is 12.2. The molecule has 0 atom stereocenters. The standard InChI is InChI=1S/C26H26N4O3S/c31-24(28-21-8-2-1-7-20(21)25(32)27-16-19-6-5-15-33-19)17-30-13-11-18(12-14-30)26-29-22-9-3-4-10-23(22)34-26/h1-10,15,18H,11-14,16-17H2,(H,27,32)(H,28,31). The molecule has 0 radical (unpaired) electrons. The van der Waals surface area contributed by atoms with E-state index < -0.39 is 0 Å². The molecular formula is C26H26N4O3S. The largest absolute Gasteiger partial charge is 0.467 e. The van der Waals surface area contributed by atoms with Gasteiger partial charge in [0.1, 0.15) is 5.76 Å². The number of likely N-dealkylation sites (tertiary alicyclic amines) is 1. The molecule has 5 rings (SSSR count). The molecule has 2 aromatic heterocycles. The Bertz CT molecular complexity index is 1240. The maximum absolute atomic E-state index is 12.8. The summed E-state index contributed by atoms with van der Waals surface area (Å²) in [6.45, 7) is 2.28. The number of nitrogens with zero attached hydrogens (tertiary/aromatic N) is 2. The van der Waals surface area contributed by atoms with E-state index in [2.05, 4.69) is 27.7 Å². The van der Waals surface area contributed by atoms with E-state index in [-0.39, 0.29) is 18.4 Å². The van der Waals surface area contributed by atoms with Crippen LogP contribution in [0, 0.1) is 0 Å². The first-order valence-electron chi connectivity index (χ1n) is 11.4. The van der Waals surface area contributed by atoms with Gasteiger partial charge in [0, 0.05) is 5.92 Å². The average molecular weight is 475 g/mol. The lowest BCUT2D eigenvalue weighted by Gasteiger charge is -2.30. The Labute approximate surface area is 201 Å². The number of nitrogens with one attached hydrogen (secondary N) is 2. The number of hydrogen-bond acceptors (Lipinski definition) is 6. The normalized spacial score (nSPS) is 14.8. The molecular weight excluding hydrogens is 448 g/mol. The van der Waals surface area contributed by atoms with Crippen molar-refractivity contribution in [3.63, 3.8) is 0 Å². The number of fused-ring (bicyclic) bond motifs is 1. The van der Waals surface area contributed by atoms with Gasteiger partial charge in [-0.05, 0) is 62.3 Å². The second kappa shape index (κ2) is 10.2. The van der Waals surface area contributed by atoms with Crippen molar-refractivity contribution in [2.24, 2.45) is 0 Å². The summed E-state index contributed by atoms with van der Waals surface area (Å²) < 4.78 is 6.48. The van der Waals surface area contributed by atoms with Crippen LogP contribution < -0.4 is 10.6 Å². The molecule has 7 nitrogen and oxygen atoms in total. The highest BCUT2D eigenvalue weighted by atomic mass is 32.1. The molecule has 4 aromatic rings. The Morgan fingerprint density at radius 2 is 1.82 bits per heavy atom. The number of benzene rings is 2. The number of amides is 2. The van der Waals surface area contributed by atoms with Gasteiger partial charge < -0.3 is 15.1 Å². The highest BCUT2D eigenvalue weighted by molar-refractivity contribution is 7.18. The number of hydrogen-bond donors (Lipinski definition) is 2. The van der Waals surface area contributed by atoms with Crippen LogP contribution in [0.4, 0.5) is 5.69 Å². The molecule has 1 aliphatic heterocycles. The van der Waals surface area contributed by atoms with Gasteiger partial charge in [0.25, 0.3) is 5.91 Å². The fourth-order valence-electron chi connectivity index (χ4n) is 4.26. The van der Waals surface area contributed by atoms with Gasteiger partial charge in [-0.2, -0.15) is 0 Å². The molecule has 3 heterocycles. The summed E-state index contributed by atoms with van der Waals surface area (Å²) >= 11 is 1.78. The molecule has 1 saturated heterocycles. The fourth-order valence-corrected chi connectivity index (χ4v) is 5.40. The molecule has 0 unspecified atom stereocenters. The number of thiazole rings is 1. The van der Waals surface area contributed by atoms with Gasteiger partial charge >= 0.3 is 0 Å². The van der Waals surface area contributed by atoms with E-state index >= 15 is 0 Å². The number of furan rings is 1. The van der Waals surface area contributed by atoms with Crippen molar-refractivity contribution in [3.05, 3.63) is 83.3 Å². The Morgan fingerprint density at radius 3 is 2.62 bits per heavy atom. The zero-order chi connectivity index (χ0) is 23.3. The molecule has 2 aromatic carbocycles. The van der Waals surface area contributed by atoms with Crippen molar-refractivity contribution in [1.29, 1.82) is 0 Å². The summed E-state index contributed by atoms with van der Waals surface area (Å²) in [7, 11) is 0. The van der Waals surface area contributed by atoms with Gasteiger partial charge in [0.2, 0.25) is 5.91 Å². The third-order valence-electron chi connectivity index (χ3n) is 6.06. The summed E-state index contributed by atoms with van der Waals surface area (Å²) in [5.74, 6) is 0.730. The van der Waals surface area contributed by atoms with E-state index in [1.807, 2.05) is 18.2 Å². The number of carbonyl (C=O) groups excluding carboxylic acids is 2. The molecule has 0 saturated carbocycles. The average Bonchev–Trinajstić information content (AvgIpc) is 3.53. The molecule has 2 N–H and O–H groups in total. The predicted octanol–water partition coefficient (Wildman–Crippen LogP) is 4.64. The molecule has 0 bridgehead atoms. The van der Waals surface area contributed by atoms with Crippen LogP contribution in [0.1, 0.15) is 39.9 Å². The topological polar surface area (TPSA) is 87.5 Å². The van der Waals surface area contributed by atoms with Crippen molar-refractivity contribution in [3.8, 4) is 0 Å². The van der Waals surface area contributed by atoms with Gasteiger partial charge in [-0.25, -0.2) is 4.98 Å². The molecule has 0 spiro atoms. The lowest BCUT2D eigenvalue weighted by atomic mass is 9.97. The van der Waals surface area contributed by atoms with Gasteiger partial charge in [0.05, 0.1) is 45.8 Å². The molecule has 34 heavy (non-hydrogen) atoms. The van der Waals surface area contributed by atoms with Crippen LogP contribution in [-0.2, 0) is 11.3 Å². The molecule has 8 heteroatoms. The molecule has 0 aliphatic carbocycles. The molecule has 174 valence electrons. The highest BCUT2D eigenvalue weighted by Gasteiger charge is 2.25. The zero-order valence-corrected chi connectivity index (χ0v) is 19.5. The highest BCUT2D eigenvalue weighted by Crippen LogP contribution is 2.33. The minimum absolute atomic E-state index is 0.121. The lowest BCUT2D eigenvalue weighted by molar-refractivity contribution is -0.117. The van der Waals surface area contributed by atoms with Gasteiger partial charge in [0.15, 0.2) is 0 Å². The lowest BCUT2D eigenvalue weighted by Crippen LogP contribution is -2.39. The van der Waals surface area contributed by atoms with Crippen molar-refractivity contribution in [2.45, 2.75) is 25.3 Å². The van der Waals surface area contributed by atoms with Crippen LogP contribution in [0.3, 0.4) is 0 Å². The van der Waals surface area contributed by atoms with Gasteiger partial charge in [-0.3, -0.25) is 14.5 Å². The molecule has 1 fully saturated rings. The number of aromatic nitrogens is 1. The third-order valence-corrected chi connectivity index (χ3v) is 7.26. The summed E-state index contributed by atoms with van der Waals surface area (Å²) in [6.07, 6.45) is 3.54. The Balaban J connectivity index is 1.14. The van der Waals surface area contributed by atoms with Crippen molar-refractivity contribution in [1.82, 2.24) is 15.2 Å². The van der Waals surface area contributed by atoms with E-state index in [4.69, 9.17) is 9.40 Å². The van der Waals surface area contributed by atoms with Crippen LogP contribution >= 0.6 is 11.3 Å². The first kappa shape index (κ1) is 22.3. The Kier molecular flexibility index (Phi) is 6.69. The van der Waals surface area contributed by atoms with Crippen molar-refractivity contribution >= 4 is 39.1 Å². The van der Waals surface area contributed by atoms with Crippen LogP contribution in [-0.4, -0.2) is 41.3 Å². The predicted molar refractivity (Wildman–Crippen MR) is 133 cm³/mol. The second-order valence-electron chi connectivity index (χ2n) is 8.43. The quantitative estimate of drug-likeness (QED) is 0.408. The first-order chi connectivity index (χ1) is 16.7. The van der Waals surface area contributed by atoms with E-state index in [9.17, 15) is 9.59 Å². The van der Waals surface area contributed by atoms with Crippen LogP contribution in [0.2, 0.25) is 0 Å². The summed E-state index contributed by atoms with van der Waals surface area (Å²) in [5, 5.41) is 6.94. The fraction of sp³-hybridized carbons (Fsp3) is 0.269. The molecule has 1 aliphatic rings. The van der Waals surface area contributed by atoms with Crippen LogP contribution in [0.5, 0.6) is 0 Å². The van der Waals surface area contributed by atoms with E-state index in [1.165, 1.54) is 9.71 Å². The van der Waals surface area contributed by atoms with Crippen molar-refractivity contribution in [2.75, 3.05) is 25.0 Å². The Hall–Kier alpha value is -3.49. The van der Waals surface area contributed by atoms with E-state index in [0.717, 1.165) is 31.4 Å². The zero-order valence-electron chi connectivity index (χ0n) is 18.7. The third kappa shape index (κ3) is 5.18. The number of piperidine rings is 1. The minimum atomic E-state index is -0.260. The number of carbonyl (C=O) groups is 2. The number of anilines is 1. The van der Waals surface area contributed by atoms with Crippen molar-refractivity contribution < 1.29 is 14.0 Å². The van der Waals surface area contributed by atoms with E-state index in [0.29, 0.717) is 29.5 Å². The minimum Gasteiger partial charge on any atom is -0.467 e. The van der Waals surface area contributed by atoms with Crippen LogP contribution in [0.25, 0.3) is 10.2 Å². The Morgan fingerprint density at radius 1 is 1.03 bits per heavy atom. The monoisotopic (exact) mass is 474 g/mol. The molecule has 2 amide bonds.